The maximum Gasteiger partial charge on any atom is 0.471 e. The van der Waals surface area contributed by atoms with E-state index >= 15 is 0 Å². The first-order chi connectivity index (χ1) is 7.79. The van der Waals surface area contributed by atoms with Gasteiger partial charge < -0.3 is 15.4 Å². The van der Waals surface area contributed by atoms with Crippen LogP contribution >= 0.6 is 12.2 Å². The lowest BCUT2D eigenvalue weighted by atomic mass is 10.3. The van der Waals surface area contributed by atoms with Crippen molar-refractivity contribution in [3.8, 4) is 0 Å². The van der Waals surface area contributed by atoms with Gasteiger partial charge in [0.2, 0.25) is 0 Å². The minimum Gasteiger partial charge on any atom is -0.393 e. The minimum absolute atomic E-state index is 0.0329. The van der Waals surface area contributed by atoms with Crippen LogP contribution in [0.25, 0.3) is 0 Å². The van der Waals surface area contributed by atoms with E-state index in [9.17, 15) is 18.0 Å². The van der Waals surface area contributed by atoms with Crippen LogP contribution in [0.1, 0.15) is 12.8 Å². The molecule has 0 bridgehead atoms. The first-order valence-electron chi connectivity index (χ1n) is 4.92. The lowest BCUT2D eigenvalue weighted by Gasteiger charge is -2.23. The van der Waals surface area contributed by atoms with Gasteiger partial charge in [0, 0.05) is 33.2 Å². The second kappa shape index (κ2) is 7.44. The Kier molecular flexibility index (Phi) is 7.05. The van der Waals surface area contributed by atoms with Crippen molar-refractivity contribution in [1.29, 1.82) is 0 Å². The summed E-state index contributed by atoms with van der Waals surface area (Å²) < 4.78 is 41.5. The van der Waals surface area contributed by atoms with Gasteiger partial charge in [0.05, 0.1) is 4.99 Å². The van der Waals surface area contributed by atoms with Gasteiger partial charge in [-0.3, -0.25) is 4.79 Å². The van der Waals surface area contributed by atoms with Crippen molar-refractivity contribution >= 4 is 23.1 Å². The summed E-state index contributed by atoms with van der Waals surface area (Å²) in [6.45, 7) is 0.126. The maximum atomic E-state index is 12.2. The Hall–Kier alpha value is -0.890. The number of ether oxygens (including phenoxy) is 1. The molecule has 0 fully saturated rings. The molecule has 0 heterocycles. The molecule has 100 valence electrons. The molecule has 0 atom stereocenters. The number of nitrogens with zero attached hydrogens (tertiary/aromatic N) is 1. The molecule has 0 aliphatic heterocycles. The number of rotatable bonds is 7. The van der Waals surface area contributed by atoms with Crippen LogP contribution in [-0.2, 0) is 9.53 Å². The molecule has 0 aliphatic rings. The number of nitrogens with two attached hydrogens (primary N) is 1. The van der Waals surface area contributed by atoms with Crippen LogP contribution in [0.4, 0.5) is 13.2 Å². The Morgan fingerprint density at radius 1 is 1.41 bits per heavy atom. The average molecular weight is 272 g/mol. The first-order valence-corrected chi connectivity index (χ1v) is 5.33. The zero-order chi connectivity index (χ0) is 13.5. The summed E-state index contributed by atoms with van der Waals surface area (Å²) in [7, 11) is 1.44. The Balaban J connectivity index is 4.38. The van der Waals surface area contributed by atoms with E-state index in [0.29, 0.717) is 11.3 Å². The van der Waals surface area contributed by atoms with Gasteiger partial charge in [0.25, 0.3) is 0 Å². The quantitative estimate of drug-likeness (QED) is 0.557. The second-order valence-electron chi connectivity index (χ2n) is 3.35. The fraction of sp³-hybridized carbons (Fsp3) is 0.778. The fourth-order valence-electron chi connectivity index (χ4n) is 1.14. The summed E-state index contributed by atoms with van der Waals surface area (Å²) in [5.41, 5.74) is 5.19. The number of carbonyl (C=O) groups excluding carboxylic acids is 1. The average Bonchev–Trinajstić information content (AvgIpc) is 2.20. The highest BCUT2D eigenvalue weighted by Gasteiger charge is 2.42. The molecule has 0 rings (SSSR count). The number of thiocarbonyl (C=S) groups is 1. The molecular formula is C9H15F3N2O2S. The topological polar surface area (TPSA) is 55.6 Å². The molecule has 0 radical (unpaired) electrons. The molecule has 0 saturated carbocycles. The zero-order valence-electron chi connectivity index (χ0n) is 9.42. The number of methoxy groups -OCH3 is 1. The van der Waals surface area contributed by atoms with E-state index < -0.39 is 12.1 Å². The van der Waals surface area contributed by atoms with Crippen molar-refractivity contribution in [3.05, 3.63) is 0 Å². The molecule has 4 nitrogen and oxygen atoms in total. The molecule has 17 heavy (non-hydrogen) atoms. The number of alkyl halides is 3. The van der Waals surface area contributed by atoms with Crippen LogP contribution in [0.5, 0.6) is 0 Å². The van der Waals surface area contributed by atoms with Crippen molar-refractivity contribution in [2.24, 2.45) is 5.73 Å². The molecule has 1 amide bonds. The molecular weight excluding hydrogens is 257 g/mol. The van der Waals surface area contributed by atoms with Gasteiger partial charge in [-0.2, -0.15) is 13.2 Å². The highest BCUT2D eigenvalue weighted by molar-refractivity contribution is 7.80. The van der Waals surface area contributed by atoms with Crippen LogP contribution in [-0.4, -0.2) is 48.8 Å². The van der Waals surface area contributed by atoms with Crippen LogP contribution in [0.3, 0.4) is 0 Å². The van der Waals surface area contributed by atoms with Crippen molar-refractivity contribution in [2.45, 2.75) is 19.0 Å². The predicted molar refractivity (Wildman–Crippen MR) is 60.5 cm³/mol. The van der Waals surface area contributed by atoms with Gasteiger partial charge >= 0.3 is 12.1 Å². The normalized spacial score (nSPS) is 11.3. The van der Waals surface area contributed by atoms with E-state index in [1.54, 1.807) is 0 Å². The van der Waals surface area contributed by atoms with Crippen molar-refractivity contribution in [3.63, 3.8) is 0 Å². The molecule has 0 saturated heterocycles. The summed E-state index contributed by atoms with van der Waals surface area (Å²) in [5, 5.41) is 0. The largest absolute Gasteiger partial charge is 0.471 e. The molecule has 0 aliphatic carbocycles. The minimum atomic E-state index is -4.87. The Labute approximate surface area is 103 Å². The molecule has 0 aromatic carbocycles. The van der Waals surface area contributed by atoms with E-state index in [1.807, 2.05) is 0 Å². The van der Waals surface area contributed by atoms with E-state index in [2.05, 4.69) is 12.2 Å². The lowest BCUT2D eigenvalue weighted by molar-refractivity contribution is -0.185. The van der Waals surface area contributed by atoms with Gasteiger partial charge in [-0.25, -0.2) is 0 Å². The van der Waals surface area contributed by atoms with E-state index in [1.165, 1.54) is 7.11 Å². The lowest BCUT2D eigenvalue weighted by Crippen LogP contribution is -2.43. The van der Waals surface area contributed by atoms with Crippen LogP contribution in [0.2, 0.25) is 0 Å². The van der Waals surface area contributed by atoms with Crippen LogP contribution in [0, 0.1) is 0 Å². The molecule has 8 heteroatoms. The highest BCUT2D eigenvalue weighted by atomic mass is 32.1. The summed E-state index contributed by atoms with van der Waals surface area (Å²) >= 11 is 4.56. The summed E-state index contributed by atoms with van der Waals surface area (Å²) in [6, 6.07) is 0. The standard InChI is InChI=1S/C9H15F3N2O2S/c1-16-6-2-4-14(5-3-7(13)17)8(15)9(10,11)12/h2-6H2,1H3,(H2,13,17). The fourth-order valence-corrected chi connectivity index (χ4v) is 1.23. The third-order valence-corrected chi connectivity index (χ3v) is 2.14. The monoisotopic (exact) mass is 272 g/mol. The SMILES string of the molecule is COCCCN(CCC(N)=S)C(=O)C(F)(F)F. The van der Waals surface area contributed by atoms with Crippen LogP contribution < -0.4 is 5.73 Å². The third-order valence-electron chi connectivity index (χ3n) is 1.93. The third kappa shape index (κ3) is 7.11. The Morgan fingerprint density at radius 3 is 2.41 bits per heavy atom. The summed E-state index contributed by atoms with van der Waals surface area (Å²) in [4.78, 5) is 11.8. The number of amides is 1. The van der Waals surface area contributed by atoms with Gasteiger partial charge in [0.15, 0.2) is 0 Å². The van der Waals surface area contributed by atoms with Gasteiger partial charge in [-0.15, -0.1) is 0 Å². The highest BCUT2D eigenvalue weighted by Crippen LogP contribution is 2.18. The molecule has 0 aromatic rings. The summed E-state index contributed by atoms with van der Waals surface area (Å²) in [5.74, 6) is -1.87. The van der Waals surface area contributed by atoms with Gasteiger partial charge in [-0.05, 0) is 6.42 Å². The van der Waals surface area contributed by atoms with Crippen molar-refractivity contribution < 1.29 is 22.7 Å². The molecule has 2 N–H and O–H groups in total. The summed E-state index contributed by atoms with van der Waals surface area (Å²) in [6.07, 6.45) is -4.47. The Morgan fingerprint density at radius 2 is 2.00 bits per heavy atom. The molecule has 0 spiro atoms. The van der Waals surface area contributed by atoms with Gasteiger partial charge in [-0.1, -0.05) is 12.2 Å². The van der Waals surface area contributed by atoms with E-state index in [4.69, 9.17) is 10.5 Å². The number of halogens is 3. The van der Waals surface area contributed by atoms with Crippen molar-refractivity contribution in [1.82, 2.24) is 4.90 Å². The second-order valence-corrected chi connectivity index (χ2v) is 3.88. The van der Waals surface area contributed by atoms with Gasteiger partial charge in [0.1, 0.15) is 0 Å². The van der Waals surface area contributed by atoms with Crippen molar-refractivity contribution in [2.75, 3.05) is 26.8 Å². The number of hydrogen-bond donors (Lipinski definition) is 1. The van der Waals surface area contributed by atoms with E-state index in [0.717, 1.165) is 0 Å². The number of hydrogen-bond acceptors (Lipinski definition) is 3. The van der Waals surface area contributed by atoms with E-state index in [-0.39, 0.29) is 31.1 Å². The zero-order valence-corrected chi connectivity index (χ0v) is 10.2. The predicted octanol–water partition coefficient (Wildman–Crippen LogP) is 1.09. The first kappa shape index (κ1) is 16.1. The molecule has 0 unspecified atom stereocenters. The van der Waals surface area contributed by atoms with Crippen LogP contribution in [0.15, 0.2) is 0 Å². The Bertz CT molecular complexity index is 271. The molecule has 0 aromatic heterocycles. The number of carbonyl (C=O) groups is 1. The smallest absolute Gasteiger partial charge is 0.393 e. The maximum absolute atomic E-state index is 12.2.